The normalized spacial score (nSPS) is 23.6. The summed E-state index contributed by atoms with van der Waals surface area (Å²) < 4.78 is 5.30. The Morgan fingerprint density at radius 2 is 1.92 bits per heavy atom. The predicted octanol–water partition coefficient (Wildman–Crippen LogP) is 3.13. The topological polar surface area (TPSA) is 84.5 Å². The van der Waals surface area contributed by atoms with Gasteiger partial charge in [-0.25, -0.2) is 4.79 Å². The predicted molar refractivity (Wildman–Crippen MR) is 99.7 cm³/mol. The molecule has 0 unspecified atom stereocenters. The van der Waals surface area contributed by atoms with Crippen molar-refractivity contribution in [1.29, 1.82) is 0 Å². The molecule has 2 amide bonds. The van der Waals surface area contributed by atoms with E-state index in [1.165, 1.54) is 19.4 Å². The Morgan fingerprint density at radius 3 is 2.62 bits per heavy atom. The molecule has 1 aliphatic carbocycles. The highest BCUT2D eigenvalue weighted by Gasteiger charge is 2.30. The molecule has 0 aliphatic heterocycles. The zero-order chi connectivity index (χ0) is 19.3. The van der Waals surface area contributed by atoms with Crippen molar-refractivity contribution in [1.82, 2.24) is 5.32 Å². The molecule has 1 aliphatic rings. The van der Waals surface area contributed by atoms with E-state index in [9.17, 15) is 14.4 Å². The van der Waals surface area contributed by atoms with Crippen LogP contribution in [0.3, 0.4) is 0 Å². The highest BCUT2D eigenvalue weighted by atomic mass is 16.5. The average molecular weight is 360 g/mol. The van der Waals surface area contributed by atoms with Gasteiger partial charge in [0.2, 0.25) is 5.91 Å². The average Bonchev–Trinajstić information content (AvgIpc) is 2.58. The number of rotatable bonds is 5. The third-order valence-electron chi connectivity index (χ3n) is 5.11. The molecule has 0 saturated heterocycles. The summed E-state index contributed by atoms with van der Waals surface area (Å²) in [4.78, 5) is 35.8. The summed E-state index contributed by atoms with van der Waals surface area (Å²) in [7, 11) is 0. The number of benzene rings is 1. The second kappa shape index (κ2) is 8.83. The molecule has 0 heterocycles. The largest absolute Gasteiger partial charge is 0.449 e. The number of nitrogens with one attached hydrogen (secondary N) is 2. The number of esters is 1. The molecule has 0 aromatic heterocycles. The summed E-state index contributed by atoms with van der Waals surface area (Å²) >= 11 is 0. The van der Waals surface area contributed by atoms with Crippen molar-refractivity contribution in [2.45, 2.75) is 59.1 Å². The molecule has 26 heavy (non-hydrogen) atoms. The lowest BCUT2D eigenvalue weighted by molar-refractivity contribution is -0.130. The number of hydrogen-bond donors (Lipinski definition) is 2. The van der Waals surface area contributed by atoms with Gasteiger partial charge in [-0.05, 0) is 43.4 Å². The van der Waals surface area contributed by atoms with Crippen molar-refractivity contribution in [2.75, 3.05) is 5.32 Å². The minimum Gasteiger partial charge on any atom is -0.449 e. The summed E-state index contributed by atoms with van der Waals surface area (Å²) in [5.74, 6) is -0.111. The Morgan fingerprint density at radius 1 is 1.19 bits per heavy atom. The van der Waals surface area contributed by atoms with Gasteiger partial charge in [0.05, 0.1) is 5.56 Å². The SMILES string of the molecule is CC(=O)Nc1cccc(C(=O)O[C@H](C)C(=O)N[C@@H]2CCC[C@H](C)[C@@H]2C)c1. The highest BCUT2D eigenvalue weighted by molar-refractivity contribution is 5.95. The van der Waals surface area contributed by atoms with Gasteiger partial charge < -0.3 is 15.4 Å². The lowest BCUT2D eigenvalue weighted by atomic mass is 9.78. The Bertz CT molecular complexity index is 674. The molecule has 2 N–H and O–H groups in total. The van der Waals surface area contributed by atoms with Crippen LogP contribution < -0.4 is 10.6 Å². The maximum atomic E-state index is 12.4. The first-order chi connectivity index (χ1) is 12.3. The Labute approximate surface area is 154 Å². The van der Waals surface area contributed by atoms with Gasteiger partial charge in [0.1, 0.15) is 0 Å². The van der Waals surface area contributed by atoms with E-state index in [2.05, 4.69) is 24.5 Å². The standard InChI is InChI=1S/C20H28N2O4/c1-12-7-5-10-18(13(12)2)22-19(24)14(3)26-20(25)16-8-6-9-17(11-16)21-15(4)23/h6,8-9,11-14,18H,5,7,10H2,1-4H3,(H,21,23)(H,22,24)/t12-,13-,14+,18+/m0/s1. The fourth-order valence-electron chi connectivity index (χ4n) is 3.30. The first-order valence-electron chi connectivity index (χ1n) is 9.17. The number of hydrogen-bond acceptors (Lipinski definition) is 4. The molecule has 0 radical (unpaired) electrons. The van der Waals surface area contributed by atoms with Crippen LogP contribution in [-0.4, -0.2) is 29.9 Å². The second-order valence-electron chi connectivity index (χ2n) is 7.19. The lowest BCUT2D eigenvalue weighted by Crippen LogP contribution is -2.47. The van der Waals surface area contributed by atoms with Crippen LogP contribution in [0.15, 0.2) is 24.3 Å². The smallest absolute Gasteiger partial charge is 0.338 e. The van der Waals surface area contributed by atoms with Crippen LogP contribution in [0.5, 0.6) is 0 Å². The number of amides is 2. The van der Waals surface area contributed by atoms with Crippen LogP contribution in [0, 0.1) is 11.8 Å². The second-order valence-corrected chi connectivity index (χ2v) is 7.19. The van der Waals surface area contributed by atoms with E-state index in [4.69, 9.17) is 4.74 Å². The van der Waals surface area contributed by atoms with Crippen molar-refractivity contribution < 1.29 is 19.1 Å². The number of anilines is 1. The van der Waals surface area contributed by atoms with Gasteiger partial charge in [0, 0.05) is 18.7 Å². The molecule has 6 heteroatoms. The van der Waals surface area contributed by atoms with Crippen LogP contribution in [0.1, 0.15) is 57.3 Å². The zero-order valence-corrected chi connectivity index (χ0v) is 15.9. The van der Waals surface area contributed by atoms with Crippen LogP contribution in [-0.2, 0) is 14.3 Å². The fourth-order valence-corrected chi connectivity index (χ4v) is 3.30. The van der Waals surface area contributed by atoms with Gasteiger partial charge in [-0.3, -0.25) is 9.59 Å². The van der Waals surface area contributed by atoms with Crippen molar-refractivity contribution in [3.8, 4) is 0 Å². The lowest BCUT2D eigenvalue weighted by Gasteiger charge is -2.35. The van der Waals surface area contributed by atoms with Gasteiger partial charge in [0.15, 0.2) is 6.10 Å². The minimum absolute atomic E-state index is 0.121. The van der Waals surface area contributed by atoms with Gasteiger partial charge in [-0.1, -0.05) is 32.8 Å². The van der Waals surface area contributed by atoms with E-state index in [1.54, 1.807) is 25.1 Å². The summed E-state index contributed by atoms with van der Waals surface area (Å²) in [6, 6.07) is 6.57. The quantitative estimate of drug-likeness (QED) is 0.790. The maximum Gasteiger partial charge on any atom is 0.338 e. The van der Waals surface area contributed by atoms with Crippen LogP contribution in [0.2, 0.25) is 0 Å². The number of ether oxygens (including phenoxy) is 1. The third-order valence-corrected chi connectivity index (χ3v) is 5.11. The third kappa shape index (κ3) is 5.31. The molecule has 1 fully saturated rings. The molecular formula is C20H28N2O4. The van der Waals surface area contributed by atoms with Gasteiger partial charge in [-0.15, -0.1) is 0 Å². The van der Waals surface area contributed by atoms with Gasteiger partial charge in [-0.2, -0.15) is 0 Å². The zero-order valence-electron chi connectivity index (χ0n) is 15.9. The van der Waals surface area contributed by atoms with Crippen LogP contribution >= 0.6 is 0 Å². The van der Waals surface area contributed by atoms with Crippen molar-refractivity contribution >= 4 is 23.5 Å². The van der Waals surface area contributed by atoms with Crippen LogP contribution in [0.4, 0.5) is 5.69 Å². The highest BCUT2D eigenvalue weighted by Crippen LogP contribution is 2.29. The van der Waals surface area contributed by atoms with Crippen LogP contribution in [0.25, 0.3) is 0 Å². The monoisotopic (exact) mass is 360 g/mol. The first-order valence-corrected chi connectivity index (χ1v) is 9.17. The van der Waals surface area contributed by atoms with E-state index in [0.29, 0.717) is 17.5 Å². The molecular weight excluding hydrogens is 332 g/mol. The molecule has 4 atom stereocenters. The summed E-state index contributed by atoms with van der Waals surface area (Å²) in [6.07, 6.45) is 2.36. The fraction of sp³-hybridized carbons (Fsp3) is 0.550. The molecule has 1 saturated carbocycles. The Balaban J connectivity index is 1.93. The molecule has 0 spiro atoms. The molecule has 0 bridgehead atoms. The van der Waals surface area contributed by atoms with Crippen molar-refractivity contribution in [3.63, 3.8) is 0 Å². The first kappa shape index (κ1) is 19.9. The Kier molecular flexibility index (Phi) is 6.77. The number of carbonyl (C=O) groups is 3. The van der Waals surface area contributed by atoms with E-state index in [-0.39, 0.29) is 23.4 Å². The van der Waals surface area contributed by atoms with Crippen molar-refractivity contribution in [2.24, 2.45) is 11.8 Å². The van der Waals surface area contributed by atoms with Gasteiger partial charge >= 0.3 is 5.97 Å². The molecule has 2 rings (SSSR count). The summed E-state index contributed by atoms with van der Waals surface area (Å²) in [5.41, 5.74) is 0.796. The summed E-state index contributed by atoms with van der Waals surface area (Å²) in [5, 5.41) is 5.63. The molecule has 142 valence electrons. The maximum absolute atomic E-state index is 12.4. The summed E-state index contributed by atoms with van der Waals surface area (Å²) in [6.45, 7) is 7.32. The van der Waals surface area contributed by atoms with E-state index >= 15 is 0 Å². The van der Waals surface area contributed by atoms with E-state index in [0.717, 1.165) is 12.8 Å². The molecule has 1 aromatic rings. The molecule has 6 nitrogen and oxygen atoms in total. The minimum atomic E-state index is -0.878. The van der Waals surface area contributed by atoms with Gasteiger partial charge in [0.25, 0.3) is 5.91 Å². The van der Waals surface area contributed by atoms with E-state index < -0.39 is 12.1 Å². The molecule has 1 aromatic carbocycles. The van der Waals surface area contributed by atoms with E-state index in [1.807, 2.05) is 0 Å². The Hall–Kier alpha value is -2.37. The van der Waals surface area contributed by atoms with Crippen molar-refractivity contribution in [3.05, 3.63) is 29.8 Å². The number of carbonyl (C=O) groups excluding carboxylic acids is 3.